The van der Waals surface area contributed by atoms with Gasteiger partial charge in [0, 0.05) is 6.20 Å². The van der Waals surface area contributed by atoms with Gasteiger partial charge in [-0.15, -0.1) is 0 Å². The number of pyridine rings is 1. The van der Waals surface area contributed by atoms with Gasteiger partial charge in [-0.3, -0.25) is 14.3 Å². The summed E-state index contributed by atoms with van der Waals surface area (Å²) in [5.74, 6) is 1.11. The van der Waals surface area contributed by atoms with E-state index < -0.39 is 0 Å². The van der Waals surface area contributed by atoms with Crippen LogP contribution in [-0.4, -0.2) is 21.6 Å². The van der Waals surface area contributed by atoms with Gasteiger partial charge >= 0.3 is 0 Å². The molecule has 0 unspecified atom stereocenters. The molecule has 2 heterocycles. The Morgan fingerprint density at radius 2 is 1.70 bits per heavy atom. The van der Waals surface area contributed by atoms with Crippen LogP contribution < -0.4 is 10.3 Å². The summed E-state index contributed by atoms with van der Waals surface area (Å²) in [6.45, 7) is 0. The Labute approximate surface area is 156 Å². The number of aromatic nitrogens is 3. The third kappa shape index (κ3) is 3.22. The van der Waals surface area contributed by atoms with Crippen LogP contribution in [0.3, 0.4) is 0 Å². The van der Waals surface area contributed by atoms with Crippen LogP contribution in [0.4, 0.5) is 0 Å². The van der Waals surface area contributed by atoms with E-state index in [1.165, 1.54) is 0 Å². The normalized spacial score (nSPS) is 11.1. The lowest BCUT2D eigenvalue weighted by Crippen LogP contribution is -2.22. The van der Waals surface area contributed by atoms with E-state index in [4.69, 9.17) is 9.72 Å². The number of methoxy groups -OCH3 is 1. The van der Waals surface area contributed by atoms with Gasteiger partial charge in [0.1, 0.15) is 11.6 Å². The van der Waals surface area contributed by atoms with Crippen LogP contribution in [0, 0.1) is 0 Å². The number of rotatable bonds is 4. The number of ether oxygens (including phenoxy) is 1. The van der Waals surface area contributed by atoms with Crippen molar-refractivity contribution in [2.24, 2.45) is 0 Å². The fourth-order valence-corrected chi connectivity index (χ4v) is 2.94. The van der Waals surface area contributed by atoms with Crippen LogP contribution in [0.15, 0.2) is 77.7 Å². The molecule has 0 aliphatic heterocycles. The molecule has 27 heavy (non-hydrogen) atoms. The van der Waals surface area contributed by atoms with Crippen LogP contribution in [0.2, 0.25) is 0 Å². The molecular weight excluding hydrogens is 338 g/mol. The minimum absolute atomic E-state index is 0.147. The van der Waals surface area contributed by atoms with Gasteiger partial charge in [0.25, 0.3) is 5.56 Å². The van der Waals surface area contributed by atoms with Gasteiger partial charge in [-0.1, -0.05) is 30.3 Å². The predicted octanol–water partition coefficient (Wildman–Crippen LogP) is 3.96. The van der Waals surface area contributed by atoms with Gasteiger partial charge in [0.05, 0.1) is 29.4 Å². The summed E-state index contributed by atoms with van der Waals surface area (Å²) < 4.78 is 7.03. The monoisotopic (exact) mass is 355 g/mol. The third-order valence-electron chi connectivity index (χ3n) is 4.22. The zero-order chi connectivity index (χ0) is 18.6. The van der Waals surface area contributed by atoms with Crippen molar-refractivity contribution in [1.29, 1.82) is 0 Å². The average molecular weight is 355 g/mol. The Kier molecular flexibility index (Phi) is 4.49. The van der Waals surface area contributed by atoms with Crippen molar-refractivity contribution in [2.45, 2.75) is 0 Å². The zero-order valence-corrected chi connectivity index (χ0v) is 14.7. The summed E-state index contributed by atoms with van der Waals surface area (Å²) in [4.78, 5) is 22.2. The first-order valence-corrected chi connectivity index (χ1v) is 8.52. The Morgan fingerprint density at radius 3 is 2.52 bits per heavy atom. The maximum Gasteiger partial charge on any atom is 0.266 e. The van der Waals surface area contributed by atoms with Crippen molar-refractivity contribution in [3.8, 4) is 11.4 Å². The molecular formula is C22H17N3O2. The lowest BCUT2D eigenvalue weighted by Gasteiger charge is -2.14. The highest BCUT2D eigenvalue weighted by Gasteiger charge is 2.14. The fourth-order valence-electron chi connectivity index (χ4n) is 2.94. The molecule has 5 nitrogen and oxygen atoms in total. The molecule has 5 heteroatoms. The van der Waals surface area contributed by atoms with Crippen LogP contribution in [0.25, 0.3) is 28.7 Å². The van der Waals surface area contributed by atoms with Gasteiger partial charge in [0.2, 0.25) is 0 Å². The minimum Gasteiger partial charge on any atom is -0.495 e. The number of benzene rings is 2. The quantitative estimate of drug-likeness (QED) is 0.556. The van der Waals surface area contributed by atoms with Crippen molar-refractivity contribution in [3.63, 3.8) is 0 Å². The van der Waals surface area contributed by atoms with Crippen molar-refractivity contribution in [1.82, 2.24) is 14.5 Å². The Morgan fingerprint density at radius 1 is 0.926 bits per heavy atom. The second kappa shape index (κ2) is 7.25. The van der Waals surface area contributed by atoms with E-state index in [1.807, 2.05) is 66.7 Å². The molecule has 0 amide bonds. The number of para-hydroxylation sites is 3. The van der Waals surface area contributed by atoms with Crippen molar-refractivity contribution >= 4 is 23.1 Å². The van der Waals surface area contributed by atoms with E-state index in [1.54, 1.807) is 30.0 Å². The largest absolute Gasteiger partial charge is 0.495 e. The number of hydrogen-bond donors (Lipinski definition) is 0. The Hall–Kier alpha value is -3.73. The molecule has 0 spiro atoms. The molecule has 0 aliphatic carbocycles. The predicted molar refractivity (Wildman–Crippen MR) is 107 cm³/mol. The van der Waals surface area contributed by atoms with Gasteiger partial charge in [0.15, 0.2) is 0 Å². The molecule has 2 aromatic carbocycles. The lowest BCUT2D eigenvalue weighted by molar-refractivity contribution is 0.412. The van der Waals surface area contributed by atoms with Crippen LogP contribution in [0.5, 0.6) is 5.75 Å². The molecule has 4 rings (SSSR count). The first kappa shape index (κ1) is 16.7. The summed E-state index contributed by atoms with van der Waals surface area (Å²) in [6.07, 6.45) is 5.35. The summed E-state index contributed by atoms with van der Waals surface area (Å²) in [5, 5.41) is 0.554. The smallest absolute Gasteiger partial charge is 0.266 e. The van der Waals surface area contributed by atoms with E-state index in [2.05, 4.69) is 4.98 Å². The second-order valence-corrected chi connectivity index (χ2v) is 5.89. The molecule has 0 radical (unpaired) electrons. The Bertz CT molecular complexity index is 1180. The molecule has 132 valence electrons. The summed E-state index contributed by atoms with van der Waals surface area (Å²) in [6, 6.07) is 20.4. The van der Waals surface area contributed by atoms with Crippen molar-refractivity contribution in [2.75, 3.05) is 7.11 Å². The number of hydrogen-bond acceptors (Lipinski definition) is 4. The molecule has 0 bridgehead atoms. The highest BCUT2D eigenvalue weighted by Crippen LogP contribution is 2.23. The molecule has 0 aliphatic rings. The lowest BCUT2D eigenvalue weighted by atomic mass is 10.2. The second-order valence-electron chi connectivity index (χ2n) is 5.89. The van der Waals surface area contributed by atoms with E-state index in [-0.39, 0.29) is 5.56 Å². The molecule has 0 saturated carbocycles. The molecule has 0 fully saturated rings. The van der Waals surface area contributed by atoms with E-state index in [0.717, 1.165) is 5.69 Å². The maximum absolute atomic E-state index is 13.2. The highest BCUT2D eigenvalue weighted by atomic mass is 16.5. The first-order valence-electron chi connectivity index (χ1n) is 8.52. The third-order valence-corrected chi connectivity index (χ3v) is 4.22. The van der Waals surface area contributed by atoms with Gasteiger partial charge < -0.3 is 4.74 Å². The van der Waals surface area contributed by atoms with Crippen LogP contribution in [-0.2, 0) is 0 Å². The number of fused-ring (bicyclic) bond motifs is 1. The Balaban J connectivity index is 1.99. The van der Waals surface area contributed by atoms with Gasteiger partial charge in [-0.05, 0) is 48.6 Å². The number of nitrogens with zero attached hydrogens (tertiary/aromatic N) is 3. The minimum atomic E-state index is -0.147. The highest BCUT2D eigenvalue weighted by molar-refractivity contribution is 5.80. The fraction of sp³-hybridized carbons (Fsp3) is 0.0455. The topological polar surface area (TPSA) is 57.0 Å². The molecule has 0 saturated heterocycles. The summed E-state index contributed by atoms with van der Waals surface area (Å²) in [5.41, 5.74) is 1.93. The molecule has 0 atom stereocenters. The average Bonchev–Trinajstić information content (AvgIpc) is 2.73. The van der Waals surface area contributed by atoms with E-state index in [0.29, 0.717) is 28.2 Å². The standard InChI is InChI=1S/C22H17N3O2/c1-27-20-12-5-4-11-19(20)25-21(14-13-16-8-6-7-15-23-16)24-18-10-3-2-9-17(18)22(25)26/h2-15H,1H3/b14-13+. The molecule has 2 aromatic heterocycles. The van der Waals surface area contributed by atoms with Gasteiger partial charge in [-0.25, -0.2) is 4.98 Å². The van der Waals surface area contributed by atoms with Crippen molar-refractivity contribution in [3.05, 3.63) is 94.8 Å². The van der Waals surface area contributed by atoms with Crippen LogP contribution >= 0.6 is 0 Å². The van der Waals surface area contributed by atoms with Gasteiger partial charge in [-0.2, -0.15) is 0 Å². The summed E-state index contributed by atoms with van der Waals surface area (Å²) >= 11 is 0. The SMILES string of the molecule is COc1ccccc1-n1c(/C=C/c2ccccn2)nc2ccccc2c1=O. The maximum atomic E-state index is 13.2. The summed E-state index contributed by atoms with van der Waals surface area (Å²) in [7, 11) is 1.59. The van der Waals surface area contributed by atoms with E-state index >= 15 is 0 Å². The van der Waals surface area contributed by atoms with Crippen LogP contribution in [0.1, 0.15) is 11.5 Å². The molecule has 0 N–H and O–H groups in total. The van der Waals surface area contributed by atoms with E-state index in [9.17, 15) is 4.79 Å². The molecule has 4 aromatic rings. The first-order chi connectivity index (χ1) is 13.3. The zero-order valence-electron chi connectivity index (χ0n) is 14.7. The van der Waals surface area contributed by atoms with Crippen molar-refractivity contribution < 1.29 is 4.74 Å².